The van der Waals surface area contributed by atoms with Gasteiger partial charge in [0.1, 0.15) is 6.17 Å². The average molecular weight is 486 g/mol. The Balaban J connectivity index is 1.56. The Morgan fingerprint density at radius 1 is 1.13 bits per heavy atom. The lowest BCUT2D eigenvalue weighted by Gasteiger charge is -2.47. The number of non-ortho nitro benzene ring substituents is 1. The van der Waals surface area contributed by atoms with E-state index in [1.807, 2.05) is 11.0 Å². The quantitative estimate of drug-likeness (QED) is 0.407. The van der Waals surface area contributed by atoms with E-state index in [1.54, 1.807) is 16.7 Å². The number of fused-ring (bicyclic) bond motifs is 4. The number of piperidine rings is 1. The van der Waals surface area contributed by atoms with Crippen LogP contribution in [-0.4, -0.2) is 43.3 Å². The molecule has 1 aromatic carbocycles. The third-order valence-corrected chi connectivity index (χ3v) is 6.41. The molecule has 31 heavy (non-hydrogen) atoms. The van der Waals surface area contributed by atoms with E-state index in [2.05, 4.69) is 5.32 Å². The van der Waals surface area contributed by atoms with Crippen molar-refractivity contribution in [1.29, 1.82) is 0 Å². The summed E-state index contributed by atoms with van der Waals surface area (Å²) >= 11 is 18.7. The van der Waals surface area contributed by atoms with Crippen molar-refractivity contribution in [2.45, 2.75) is 28.8 Å². The van der Waals surface area contributed by atoms with Crippen LogP contribution >= 0.6 is 34.8 Å². The summed E-state index contributed by atoms with van der Waals surface area (Å²) in [6.07, 6.45) is 0.00973. The Labute approximate surface area is 192 Å². The zero-order valence-electron chi connectivity index (χ0n) is 16.2. The second-order valence-electron chi connectivity index (χ2n) is 7.87. The van der Waals surface area contributed by atoms with Crippen LogP contribution in [0.25, 0.3) is 0 Å². The molecule has 2 aliphatic heterocycles. The molecule has 0 radical (unpaired) electrons. The molecule has 2 aliphatic rings. The van der Waals surface area contributed by atoms with Crippen LogP contribution in [-0.2, 0) is 6.54 Å². The number of nitrogens with zero attached hydrogens (tertiary/aromatic N) is 3. The molecular formula is C20H19Cl3N4O4. The lowest BCUT2D eigenvalue weighted by Crippen LogP contribution is -2.60. The molecule has 8 nitrogen and oxygen atoms in total. The predicted molar refractivity (Wildman–Crippen MR) is 118 cm³/mol. The summed E-state index contributed by atoms with van der Waals surface area (Å²) < 4.78 is -0.00555. The van der Waals surface area contributed by atoms with Crippen molar-refractivity contribution in [3.05, 3.63) is 74.2 Å². The number of aromatic nitrogens is 1. The summed E-state index contributed by atoms with van der Waals surface area (Å²) in [4.78, 5) is 37.2. The number of carbonyl (C=O) groups excluding carboxylic acids is 1. The number of halogens is 3. The maximum Gasteiger partial charge on any atom is 0.269 e. The second-order valence-corrected chi connectivity index (χ2v) is 10.2. The number of alkyl halides is 3. The minimum Gasteiger partial charge on any atom is -0.332 e. The molecule has 1 aromatic heterocycles. The Hall–Kier alpha value is -2.13. The van der Waals surface area contributed by atoms with Crippen molar-refractivity contribution >= 4 is 46.4 Å². The minimum atomic E-state index is -1.81. The van der Waals surface area contributed by atoms with E-state index in [0.29, 0.717) is 19.6 Å². The van der Waals surface area contributed by atoms with Crippen LogP contribution in [0.3, 0.4) is 0 Å². The Kier molecular flexibility index (Phi) is 6.00. The maximum absolute atomic E-state index is 12.8. The van der Waals surface area contributed by atoms with Gasteiger partial charge in [0.05, 0.1) is 4.92 Å². The van der Waals surface area contributed by atoms with Gasteiger partial charge in [-0.1, -0.05) is 40.9 Å². The standard InChI is InChI=1S/C20H19Cl3N4O4/c21-20(22,23)19(24-18(29)13-4-6-15(7-5-13)27(30)31)25-9-12-8-14(11-25)16-2-1-3-17(28)26(16)10-12/h1-7,12,14,19H,8-11H2,(H,24,29). The Bertz CT molecular complexity index is 1070. The maximum atomic E-state index is 12.8. The zero-order valence-corrected chi connectivity index (χ0v) is 18.5. The SMILES string of the molecule is O=C(NC(N1CC2CC(C1)c1cccc(=O)n1C2)C(Cl)(Cl)Cl)c1ccc([N+](=O)[O-])cc1. The van der Waals surface area contributed by atoms with Crippen LogP contribution in [0.4, 0.5) is 5.69 Å². The molecule has 11 heteroatoms. The Morgan fingerprint density at radius 2 is 1.84 bits per heavy atom. The van der Waals surface area contributed by atoms with Gasteiger partial charge in [0.15, 0.2) is 0 Å². The average Bonchev–Trinajstić information content (AvgIpc) is 2.71. The van der Waals surface area contributed by atoms with Crippen molar-refractivity contribution in [2.75, 3.05) is 13.1 Å². The fourth-order valence-electron chi connectivity index (χ4n) is 4.47. The fourth-order valence-corrected chi connectivity index (χ4v) is 5.04. The molecule has 3 unspecified atom stereocenters. The molecule has 2 bridgehead atoms. The van der Waals surface area contributed by atoms with Crippen LogP contribution in [0, 0.1) is 16.0 Å². The molecule has 0 saturated carbocycles. The summed E-state index contributed by atoms with van der Waals surface area (Å²) in [6.45, 7) is 1.64. The summed E-state index contributed by atoms with van der Waals surface area (Å²) in [5, 5.41) is 13.6. The van der Waals surface area contributed by atoms with Gasteiger partial charge in [-0.05, 0) is 30.5 Å². The predicted octanol–water partition coefficient (Wildman–Crippen LogP) is 3.30. The van der Waals surface area contributed by atoms with Gasteiger partial charge in [0.25, 0.3) is 17.2 Å². The Morgan fingerprint density at radius 3 is 2.48 bits per heavy atom. The highest BCUT2D eigenvalue weighted by Gasteiger charge is 2.44. The smallest absolute Gasteiger partial charge is 0.269 e. The molecule has 1 fully saturated rings. The van der Waals surface area contributed by atoms with Gasteiger partial charge in [-0.3, -0.25) is 24.6 Å². The summed E-state index contributed by atoms with van der Waals surface area (Å²) in [5.41, 5.74) is 1.02. The molecule has 0 aliphatic carbocycles. The number of carbonyl (C=O) groups is 1. The second kappa shape index (κ2) is 8.43. The molecule has 2 aromatic rings. The molecule has 4 rings (SSSR count). The van der Waals surface area contributed by atoms with Gasteiger partial charge in [-0.2, -0.15) is 0 Å². The van der Waals surface area contributed by atoms with Gasteiger partial charge in [0, 0.05) is 55.0 Å². The topological polar surface area (TPSA) is 97.5 Å². The first-order chi connectivity index (χ1) is 14.6. The van der Waals surface area contributed by atoms with E-state index < -0.39 is 20.8 Å². The minimum absolute atomic E-state index is 0.0231. The van der Waals surface area contributed by atoms with Gasteiger partial charge in [-0.15, -0.1) is 0 Å². The first-order valence-corrected chi connectivity index (χ1v) is 10.8. The number of pyridine rings is 1. The largest absolute Gasteiger partial charge is 0.332 e. The van der Waals surface area contributed by atoms with Crippen LogP contribution in [0.2, 0.25) is 0 Å². The van der Waals surface area contributed by atoms with E-state index >= 15 is 0 Å². The first-order valence-electron chi connectivity index (χ1n) is 9.69. The molecule has 1 saturated heterocycles. The van der Waals surface area contributed by atoms with Crippen LogP contribution in [0.15, 0.2) is 47.3 Å². The van der Waals surface area contributed by atoms with E-state index in [0.717, 1.165) is 12.1 Å². The van der Waals surface area contributed by atoms with E-state index in [9.17, 15) is 19.7 Å². The highest BCUT2D eigenvalue weighted by Crippen LogP contribution is 2.40. The van der Waals surface area contributed by atoms with Crippen LogP contribution in [0.1, 0.15) is 28.4 Å². The van der Waals surface area contributed by atoms with Crippen molar-refractivity contribution in [3.63, 3.8) is 0 Å². The lowest BCUT2D eigenvalue weighted by atomic mass is 9.83. The molecule has 164 valence electrons. The van der Waals surface area contributed by atoms with E-state index in [1.165, 1.54) is 24.3 Å². The third kappa shape index (κ3) is 4.57. The van der Waals surface area contributed by atoms with E-state index in [-0.39, 0.29) is 28.6 Å². The number of hydrogen-bond acceptors (Lipinski definition) is 5. The molecule has 3 atom stereocenters. The summed E-state index contributed by atoms with van der Waals surface area (Å²) in [7, 11) is 0. The number of benzene rings is 1. The fraction of sp³-hybridized carbons (Fsp3) is 0.400. The first kappa shape index (κ1) is 22.1. The van der Waals surface area contributed by atoms with Gasteiger partial charge in [-0.25, -0.2) is 0 Å². The third-order valence-electron chi connectivity index (χ3n) is 5.79. The van der Waals surface area contributed by atoms with Crippen molar-refractivity contribution in [2.24, 2.45) is 5.92 Å². The van der Waals surface area contributed by atoms with Crippen molar-refractivity contribution in [1.82, 2.24) is 14.8 Å². The van der Waals surface area contributed by atoms with Crippen molar-refractivity contribution < 1.29 is 9.72 Å². The number of amides is 1. The normalized spacial score (nSPS) is 21.8. The number of nitrogens with one attached hydrogen (secondary N) is 1. The lowest BCUT2D eigenvalue weighted by molar-refractivity contribution is -0.384. The van der Waals surface area contributed by atoms with Crippen molar-refractivity contribution in [3.8, 4) is 0 Å². The highest BCUT2D eigenvalue weighted by molar-refractivity contribution is 6.68. The number of rotatable bonds is 4. The van der Waals surface area contributed by atoms with Gasteiger partial charge in [0.2, 0.25) is 3.79 Å². The molecular weight excluding hydrogens is 467 g/mol. The monoisotopic (exact) mass is 484 g/mol. The number of nitro benzene ring substituents is 1. The van der Waals surface area contributed by atoms with Gasteiger partial charge >= 0.3 is 0 Å². The molecule has 1 N–H and O–H groups in total. The molecule has 0 spiro atoms. The summed E-state index contributed by atoms with van der Waals surface area (Å²) in [6, 6.07) is 10.4. The number of nitro groups is 1. The zero-order chi connectivity index (χ0) is 22.3. The highest BCUT2D eigenvalue weighted by atomic mass is 35.6. The van der Waals surface area contributed by atoms with Crippen LogP contribution in [0.5, 0.6) is 0 Å². The molecule has 3 heterocycles. The van der Waals surface area contributed by atoms with Crippen LogP contribution < -0.4 is 10.9 Å². The number of likely N-dealkylation sites (tertiary alicyclic amines) is 1. The van der Waals surface area contributed by atoms with E-state index in [4.69, 9.17) is 34.8 Å². The molecule has 1 amide bonds. The van der Waals surface area contributed by atoms with Gasteiger partial charge < -0.3 is 9.88 Å². The summed E-state index contributed by atoms with van der Waals surface area (Å²) in [5.74, 6) is -0.247. The number of hydrogen-bond donors (Lipinski definition) is 1.